The number of anilines is 4. The summed E-state index contributed by atoms with van der Waals surface area (Å²) in [7, 11) is 0. The number of hydrogen-bond acceptors (Lipinski definition) is 12. The van der Waals surface area contributed by atoms with E-state index in [1.165, 1.54) is 12.1 Å². The molecule has 65 heavy (non-hydrogen) atoms. The smallest absolute Gasteiger partial charge is 0.255 e. The Morgan fingerprint density at radius 3 is 2.26 bits per heavy atom. The SMILES string of the molecule is CC1(C)CCN(Cc2cc(F)c(N3CC(=O)NC4(CCN(c5cc(N6C[C@H]7CN(CCCNc8ccc9c(c8)CN(C8CCC(=O)NC8=O)C9=O)C[C@H]7C6)ncn5)CC4)C3)cc2F)CC1. The quantitative estimate of drug-likeness (QED) is 0.189. The normalized spacial score (nSPS) is 25.6. The van der Waals surface area contributed by atoms with Crippen molar-refractivity contribution in [3.05, 3.63) is 71.1 Å². The molecule has 8 heterocycles. The van der Waals surface area contributed by atoms with Crippen LogP contribution in [0, 0.1) is 28.9 Å². The maximum atomic E-state index is 15.7. The summed E-state index contributed by atoms with van der Waals surface area (Å²) in [5.41, 5.74) is 2.69. The molecule has 0 bridgehead atoms. The van der Waals surface area contributed by atoms with Gasteiger partial charge in [0, 0.05) is 101 Å². The largest absolute Gasteiger partial charge is 0.385 e. The van der Waals surface area contributed by atoms with Gasteiger partial charge in [0.2, 0.25) is 17.7 Å². The molecule has 7 aliphatic rings. The number of piperazine rings is 1. The van der Waals surface area contributed by atoms with E-state index in [4.69, 9.17) is 4.98 Å². The third-order valence-corrected chi connectivity index (χ3v) is 15.4. The summed E-state index contributed by atoms with van der Waals surface area (Å²) < 4.78 is 31.2. The minimum atomic E-state index is -0.617. The molecule has 1 spiro atoms. The van der Waals surface area contributed by atoms with Crippen molar-refractivity contribution >= 4 is 46.6 Å². The first-order valence-electron chi connectivity index (χ1n) is 23.6. The van der Waals surface area contributed by atoms with Gasteiger partial charge in [0.15, 0.2) is 0 Å². The first-order valence-corrected chi connectivity index (χ1v) is 23.6. The summed E-state index contributed by atoms with van der Waals surface area (Å²) in [6.45, 7) is 14.5. The van der Waals surface area contributed by atoms with Crippen molar-refractivity contribution in [1.29, 1.82) is 0 Å². The number of aromatic nitrogens is 2. The standard InChI is InChI=1S/C48H61F2N11O4/c1-47(2)8-14-56(15-9-47)22-32-19-38(50)40(20-37(32)49)60-28-44(63)55-48(29-60)10-16-58(17-11-48)41-21-42(53-30-52-41)59-25-33-23-57(24-34(33)26-59)13-3-12-51-35-4-5-36-31(18-35)27-61(46(36)65)39-6-7-43(62)54-45(39)64/h4-5,18-21,30,33-34,39,51H,3,6-17,22-29H2,1-2H3,(H,55,63)(H,54,62,64)/t33-,34+,39?. The van der Waals surface area contributed by atoms with Crippen LogP contribution in [-0.2, 0) is 27.5 Å². The van der Waals surface area contributed by atoms with Crippen LogP contribution in [0.1, 0.15) is 80.3 Å². The molecule has 6 saturated heterocycles. The highest BCUT2D eigenvalue weighted by Gasteiger charge is 2.44. The van der Waals surface area contributed by atoms with Crippen molar-refractivity contribution < 1.29 is 28.0 Å². The van der Waals surface area contributed by atoms with Crippen LogP contribution in [0.15, 0.2) is 42.7 Å². The van der Waals surface area contributed by atoms with Crippen molar-refractivity contribution in [3.63, 3.8) is 0 Å². The molecule has 346 valence electrons. The van der Waals surface area contributed by atoms with E-state index in [0.717, 1.165) is 94.5 Å². The second-order valence-electron chi connectivity index (χ2n) is 20.5. The topological polar surface area (TPSA) is 150 Å². The molecular weight excluding hydrogens is 833 g/mol. The molecule has 0 radical (unpaired) electrons. The molecule has 4 amide bonds. The molecule has 6 fully saturated rings. The average Bonchev–Trinajstić information content (AvgIpc) is 3.96. The van der Waals surface area contributed by atoms with Gasteiger partial charge in [-0.25, -0.2) is 18.7 Å². The Hall–Kier alpha value is -5.42. The summed E-state index contributed by atoms with van der Waals surface area (Å²) in [5, 5.41) is 9.11. The van der Waals surface area contributed by atoms with Gasteiger partial charge in [-0.3, -0.25) is 29.4 Å². The molecule has 0 aliphatic carbocycles. The zero-order chi connectivity index (χ0) is 45.0. The Balaban J connectivity index is 0.677. The first-order chi connectivity index (χ1) is 31.3. The molecule has 1 aromatic heterocycles. The third-order valence-electron chi connectivity index (χ3n) is 15.4. The molecule has 3 aromatic rings. The number of imide groups is 1. The monoisotopic (exact) mass is 893 g/mol. The molecule has 15 nitrogen and oxygen atoms in total. The molecule has 7 aliphatic heterocycles. The summed E-state index contributed by atoms with van der Waals surface area (Å²) in [4.78, 5) is 72.2. The Labute approximate surface area is 379 Å². The van der Waals surface area contributed by atoms with Crippen LogP contribution >= 0.6 is 0 Å². The fraction of sp³-hybridized carbons (Fsp3) is 0.583. The van der Waals surface area contributed by atoms with E-state index in [1.54, 1.807) is 16.1 Å². The molecule has 10 rings (SSSR count). The number of fused-ring (bicyclic) bond motifs is 2. The number of hydrogen-bond donors (Lipinski definition) is 3. The summed E-state index contributed by atoms with van der Waals surface area (Å²) in [6, 6.07) is 9.84. The lowest BCUT2D eigenvalue weighted by Gasteiger charge is -2.48. The van der Waals surface area contributed by atoms with Gasteiger partial charge in [0.05, 0.1) is 17.8 Å². The highest BCUT2D eigenvalue weighted by atomic mass is 19.1. The lowest BCUT2D eigenvalue weighted by molar-refractivity contribution is -0.137. The van der Waals surface area contributed by atoms with Crippen LogP contribution in [0.2, 0.25) is 0 Å². The molecule has 17 heteroatoms. The number of rotatable bonds is 11. The molecule has 0 saturated carbocycles. The summed E-state index contributed by atoms with van der Waals surface area (Å²) >= 11 is 0. The van der Waals surface area contributed by atoms with Gasteiger partial charge in [-0.15, -0.1) is 0 Å². The van der Waals surface area contributed by atoms with Gasteiger partial charge < -0.3 is 35.1 Å². The minimum absolute atomic E-state index is 0.0117. The zero-order valence-corrected chi connectivity index (χ0v) is 37.6. The van der Waals surface area contributed by atoms with Gasteiger partial charge >= 0.3 is 0 Å². The Morgan fingerprint density at radius 1 is 0.785 bits per heavy atom. The number of carbonyl (C=O) groups excluding carboxylic acids is 4. The Morgan fingerprint density at radius 2 is 1.52 bits per heavy atom. The molecular formula is C48H61F2N11O4. The summed E-state index contributed by atoms with van der Waals surface area (Å²) in [6.07, 6.45) is 6.58. The Bertz CT molecular complexity index is 2330. The van der Waals surface area contributed by atoms with Crippen LogP contribution in [-0.4, -0.2) is 138 Å². The number of likely N-dealkylation sites (tertiary alicyclic amines) is 2. The van der Waals surface area contributed by atoms with Gasteiger partial charge in [-0.2, -0.15) is 0 Å². The van der Waals surface area contributed by atoms with Crippen molar-refractivity contribution in [3.8, 4) is 0 Å². The van der Waals surface area contributed by atoms with E-state index in [-0.39, 0.29) is 41.8 Å². The minimum Gasteiger partial charge on any atom is -0.385 e. The number of halogens is 2. The fourth-order valence-electron chi connectivity index (χ4n) is 11.4. The van der Waals surface area contributed by atoms with Gasteiger partial charge in [0.25, 0.3) is 5.91 Å². The van der Waals surface area contributed by atoms with Gasteiger partial charge in [-0.1, -0.05) is 13.8 Å². The van der Waals surface area contributed by atoms with Crippen LogP contribution in [0.4, 0.5) is 31.8 Å². The number of benzene rings is 2. The second kappa shape index (κ2) is 17.4. The molecule has 1 unspecified atom stereocenters. The lowest BCUT2D eigenvalue weighted by atomic mass is 9.82. The van der Waals surface area contributed by atoms with E-state index in [2.05, 4.69) is 60.4 Å². The van der Waals surface area contributed by atoms with Crippen molar-refractivity contribution in [2.24, 2.45) is 17.3 Å². The van der Waals surface area contributed by atoms with E-state index < -0.39 is 29.1 Å². The highest BCUT2D eigenvalue weighted by Crippen LogP contribution is 2.37. The predicted molar refractivity (Wildman–Crippen MR) is 242 cm³/mol. The fourth-order valence-corrected chi connectivity index (χ4v) is 11.4. The maximum Gasteiger partial charge on any atom is 0.255 e. The molecule has 2 aromatic carbocycles. The maximum absolute atomic E-state index is 15.7. The number of piperidine rings is 3. The second-order valence-corrected chi connectivity index (χ2v) is 20.5. The number of nitrogens with zero attached hydrogens (tertiary/aromatic N) is 8. The molecule has 3 N–H and O–H groups in total. The van der Waals surface area contributed by atoms with Crippen LogP contribution in [0.3, 0.4) is 0 Å². The van der Waals surface area contributed by atoms with Crippen LogP contribution in [0.5, 0.6) is 0 Å². The van der Waals surface area contributed by atoms with E-state index in [9.17, 15) is 19.2 Å². The van der Waals surface area contributed by atoms with Crippen LogP contribution in [0.25, 0.3) is 0 Å². The first kappa shape index (κ1) is 43.5. The van der Waals surface area contributed by atoms with Gasteiger partial charge in [0.1, 0.15) is 35.6 Å². The number of amides is 4. The van der Waals surface area contributed by atoms with Crippen LogP contribution < -0.4 is 30.7 Å². The summed E-state index contributed by atoms with van der Waals surface area (Å²) in [5.74, 6) is 0.965. The van der Waals surface area contributed by atoms with E-state index in [0.29, 0.717) is 74.9 Å². The van der Waals surface area contributed by atoms with Gasteiger partial charge in [-0.05, 0) is 105 Å². The predicted octanol–water partition coefficient (Wildman–Crippen LogP) is 3.98. The van der Waals surface area contributed by atoms with Crippen molar-refractivity contribution in [2.45, 2.75) is 83.5 Å². The van der Waals surface area contributed by atoms with E-state index >= 15 is 8.78 Å². The Kier molecular flexibility index (Phi) is 11.7. The third kappa shape index (κ3) is 9.10. The zero-order valence-electron chi connectivity index (χ0n) is 37.6. The van der Waals surface area contributed by atoms with Crippen molar-refractivity contribution in [1.82, 2.24) is 35.3 Å². The van der Waals surface area contributed by atoms with E-state index in [1.807, 2.05) is 18.2 Å². The highest BCUT2D eigenvalue weighted by molar-refractivity contribution is 6.05. The average molecular weight is 894 g/mol. The number of carbonyl (C=O) groups is 4. The lowest BCUT2D eigenvalue weighted by Crippen LogP contribution is -2.66. The molecule has 3 atom stereocenters. The van der Waals surface area contributed by atoms with Crippen molar-refractivity contribution in [2.75, 3.05) is 98.6 Å². The number of nitrogens with one attached hydrogen (secondary N) is 3.